The Hall–Kier alpha value is -1.87. The van der Waals surface area contributed by atoms with Crippen LogP contribution in [0.1, 0.15) is 30.1 Å². The average Bonchev–Trinajstić information content (AvgIpc) is 2.48. The van der Waals surface area contributed by atoms with Gasteiger partial charge >= 0.3 is 0 Å². The van der Waals surface area contributed by atoms with Crippen molar-refractivity contribution in [3.05, 3.63) is 42.0 Å². The number of ketones is 1. The van der Waals surface area contributed by atoms with E-state index < -0.39 is 0 Å². The van der Waals surface area contributed by atoms with E-state index in [0.717, 1.165) is 42.6 Å². The summed E-state index contributed by atoms with van der Waals surface area (Å²) in [7, 11) is 0. The number of fused-ring (bicyclic) bond motifs is 1. The van der Waals surface area contributed by atoms with E-state index in [2.05, 4.69) is 0 Å². The van der Waals surface area contributed by atoms with Gasteiger partial charge in [-0.2, -0.15) is 0 Å². The molecule has 0 bridgehead atoms. The van der Waals surface area contributed by atoms with Crippen molar-refractivity contribution in [2.75, 3.05) is 13.2 Å². The van der Waals surface area contributed by atoms with Crippen LogP contribution in [0.4, 0.5) is 0 Å². The highest BCUT2D eigenvalue weighted by Gasteiger charge is 2.19. The molecule has 2 aromatic rings. The van der Waals surface area contributed by atoms with E-state index in [1.54, 1.807) is 6.92 Å². The Balaban J connectivity index is 2.04. The second-order valence-electron chi connectivity index (χ2n) is 5.15. The molecule has 0 aliphatic carbocycles. The molecule has 3 heteroatoms. The fourth-order valence-electron chi connectivity index (χ4n) is 2.61. The largest absolute Gasteiger partial charge is 0.489 e. The van der Waals surface area contributed by atoms with Crippen molar-refractivity contribution in [3.63, 3.8) is 0 Å². The van der Waals surface area contributed by atoms with Gasteiger partial charge < -0.3 is 9.47 Å². The molecule has 3 rings (SSSR count). The molecular weight excluding hydrogens is 252 g/mol. The van der Waals surface area contributed by atoms with Crippen molar-refractivity contribution >= 4 is 16.6 Å². The first-order chi connectivity index (χ1) is 9.75. The summed E-state index contributed by atoms with van der Waals surface area (Å²) < 4.78 is 11.5. The molecule has 1 aliphatic rings. The number of Topliss-reactive ketones (excluding diaryl/α,β-unsaturated/α-hetero) is 1. The summed E-state index contributed by atoms with van der Waals surface area (Å²) in [6, 6.07) is 11.9. The maximum atomic E-state index is 11.8. The lowest BCUT2D eigenvalue weighted by Crippen LogP contribution is -2.26. The third kappa shape index (κ3) is 2.54. The van der Waals surface area contributed by atoms with Gasteiger partial charge in [-0.25, -0.2) is 0 Å². The maximum absolute atomic E-state index is 11.8. The minimum atomic E-state index is 0.0396. The van der Waals surface area contributed by atoms with E-state index in [1.807, 2.05) is 36.4 Å². The van der Waals surface area contributed by atoms with E-state index in [9.17, 15) is 4.79 Å². The molecule has 1 aliphatic heterocycles. The molecule has 0 unspecified atom stereocenters. The third-order valence-corrected chi connectivity index (χ3v) is 3.71. The molecule has 0 radical (unpaired) electrons. The highest BCUT2D eigenvalue weighted by molar-refractivity contribution is 6.03. The summed E-state index contributed by atoms with van der Waals surface area (Å²) in [4.78, 5) is 11.8. The predicted octanol–water partition coefficient (Wildman–Crippen LogP) is 3.60. The molecule has 0 atom stereocenters. The molecular formula is C17H18O3. The monoisotopic (exact) mass is 270 g/mol. The van der Waals surface area contributed by atoms with E-state index >= 15 is 0 Å². The van der Waals surface area contributed by atoms with Gasteiger partial charge in [-0.15, -0.1) is 0 Å². The number of carbonyl (C=O) groups excluding carboxylic acids is 1. The van der Waals surface area contributed by atoms with Crippen LogP contribution in [0.15, 0.2) is 36.4 Å². The molecule has 0 N–H and O–H groups in total. The number of ether oxygens (including phenoxy) is 2. The van der Waals surface area contributed by atoms with Crippen molar-refractivity contribution in [3.8, 4) is 5.75 Å². The summed E-state index contributed by atoms with van der Waals surface area (Å²) in [5.41, 5.74) is 0.662. The Morgan fingerprint density at radius 3 is 2.65 bits per heavy atom. The summed E-state index contributed by atoms with van der Waals surface area (Å²) in [6.07, 6.45) is 1.88. The number of hydrogen-bond acceptors (Lipinski definition) is 3. The SMILES string of the molecule is CC(=O)c1ccc2ccccc2c1OC1CCOCC1. The van der Waals surface area contributed by atoms with Gasteiger partial charge in [-0.3, -0.25) is 4.79 Å². The maximum Gasteiger partial charge on any atom is 0.163 e. The van der Waals surface area contributed by atoms with E-state index in [0.29, 0.717) is 5.56 Å². The van der Waals surface area contributed by atoms with E-state index in [4.69, 9.17) is 9.47 Å². The number of carbonyl (C=O) groups is 1. The van der Waals surface area contributed by atoms with Gasteiger partial charge in [0.2, 0.25) is 0 Å². The minimum Gasteiger partial charge on any atom is -0.489 e. The smallest absolute Gasteiger partial charge is 0.163 e. The lowest BCUT2D eigenvalue weighted by atomic mass is 10.0. The Kier molecular flexibility index (Phi) is 3.70. The van der Waals surface area contributed by atoms with Gasteiger partial charge in [0.15, 0.2) is 5.78 Å². The van der Waals surface area contributed by atoms with Gasteiger partial charge in [0.25, 0.3) is 0 Å². The Bertz CT molecular complexity index is 627. The van der Waals surface area contributed by atoms with E-state index in [1.165, 1.54) is 0 Å². The summed E-state index contributed by atoms with van der Waals surface area (Å²) in [5, 5.41) is 2.10. The van der Waals surface area contributed by atoms with Crippen LogP contribution in [-0.4, -0.2) is 25.1 Å². The zero-order chi connectivity index (χ0) is 13.9. The van der Waals surface area contributed by atoms with Crippen molar-refractivity contribution in [2.45, 2.75) is 25.9 Å². The molecule has 0 amide bonds. The molecule has 3 nitrogen and oxygen atoms in total. The molecule has 104 valence electrons. The van der Waals surface area contributed by atoms with Crippen LogP contribution < -0.4 is 4.74 Å². The first kappa shape index (κ1) is 13.1. The fourth-order valence-corrected chi connectivity index (χ4v) is 2.61. The van der Waals surface area contributed by atoms with Crippen LogP contribution in [0.5, 0.6) is 5.75 Å². The lowest BCUT2D eigenvalue weighted by molar-refractivity contribution is 0.0259. The Labute approximate surface area is 118 Å². The average molecular weight is 270 g/mol. The van der Waals surface area contributed by atoms with E-state index in [-0.39, 0.29) is 11.9 Å². The molecule has 1 heterocycles. The van der Waals surface area contributed by atoms with Gasteiger partial charge in [0, 0.05) is 18.2 Å². The molecule has 0 aromatic heterocycles. The summed E-state index contributed by atoms with van der Waals surface area (Å²) >= 11 is 0. The molecule has 0 spiro atoms. The summed E-state index contributed by atoms with van der Waals surface area (Å²) in [5.74, 6) is 0.764. The quantitative estimate of drug-likeness (QED) is 0.799. The normalized spacial score (nSPS) is 16.2. The van der Waals surface area contributed by atoms with Crippen LogP contribution in [0.25, 0.3) is 10.8 Å². The van der Waals surface area contributed by atoms with Crippen LogP contribution in [0.3, 0.4) is 0 Å². The van der Waals surface area contributed by atoms with Crippen LogP contribution in [0.2, 0.25) is 0 Å². The van der Waals surface area contributed by atoms with Crippen LogP contribution >= 0.6 is 0 Å². The number of benzene rings is 2. The summed E-state index contributed by atoms with van der Waals surface area (Å²) in [6.45, 7) is 3.04. The molecule has 1 fully saturated rings. The zero-order valence-electron chi connectivity index (χ0n) is 11.6. The molecule has 20 heavy (non-hydrogen) atoms. The van der Waals surface area contributed by atoms with Gasteiger partial charge in [-0.05, 0) is 18.4 Å². The standard InChI is InChI=1S/C17H18O3/c1-12(18)15-7-6-13-4-2-3-5-16(13)17(15)20-14-8-10-19-11-9-14/h2-7,14H,8-11H2,1H3. The molecule has 0 saturated carbocycles. The third-order valence-electron chi connectivity index (χ3n) is 3.71. The van der Waals surface area contributed by atoms with Crippen molar-refractivity contribution in [1.29, 1.82) is 0 Å². The second-order valence-corrected chi connectivity index (χ2v) is 5.15. The van der Waals surface area contributed by atoms with Gasteiger partial charge in [-0.1, -0.05) is 30.3 Å². The fraction of sp³-hybridized carbons (Fsp3) is 0.353. The topological polar surface area (TPSA) is 35.5 Å². The molecule has 2 aromatic carbocycles. The molecule has 1 saturated heterocycles. The lowest BCUT2D eigenvalue weighted by Gasteiger charge is -2.25. The first-order valence-corrected chi connectivity index (χ1v) is 7.03. The number of rotatable bonds is 3. The van der Waals surface area contributed by atoms with Crippen LogP contribution in [-0.2, 0) is 4.74 Å². The van der Waals surface area contributed by atoms with Crippen molar-refractivity contribution in [2.24, 2.45) is 0 Å². The number of hydrogen-bond donors (Lipinski definition) is 0. The predicted molar refractivity (Wildman–Crippen MR) is 78.4 cm³/mol. The zero-order valence-corrected chi connectivity index (χ0v) is 11.6. The van der Waals surface area contributed by atoms with Crippen LogP contribution in [0, 0.1) is 0 Å². The minimum absolute atomic E-state index is 0.0396. The highest BCUT2D eigenvalue weighted by atomic mass is 16.5. The van der Waals surface area contributed by atoms with Crippen molar-refractivity contribution in [1.82, 2.24) is 0 Å². The van der Waals surface area contributed by atoms with Crippen molar-refractivity contribution < 1.29 is 14.3 Å². The van der Waals surface area contributed by atoms with Gasteiger partial charge in [0.05, 0.1) is 18.8 Å². The first-order valence-electron chi connectivity index (χ1n) is 7.03. The Morgan fingerprint density at radius 2 is 1.90 bits per heavy atom. The van der Waals surface area contributed by atoms with Gasteiger partial charge in [0.1, 0.15) is 11.9 Å². The highest BCUT2D eigenvalue weighted by Crippen LogP contribution is 2.32. The second kappa shape index (κ2) is 5.63. The Morgan fingerprint density at radius 1 is 1.15 bits per heavy atom.